The average molecular weight is 451 g/mol. The van der Waals surface area contributed by atoms with E-state index in [1.54, 1.807) is 13.0 Å². The van der Waals surface area contributed by atoms with Crippen LogP contribution in [0.2, 0.25) is 10.0 Å². The molecule has 1 unspecified atom stereocenters. The Balaban J connectivity index is 1.74. The second kappa shape index (κ2) is 9.47. The van der Waals surface area contributed by atoms with Gasteiger partial charge in [-0.05, 0) is 55.7 Å². The molecule has 0 radical (unpaired) electrons. The van der Waals surface area contributed by atoms with Crippen molar-refractivity contribution in [2.75, 3.05) is 18.5 Å². The van der Waals surface area contributed by atoms with Gasteiger partial charge in [0, 0.05) is 23.4 Å². The van der Waals surface area contributed by atoms with Gasteiger partial charge in [0.1, 0.15) is 0 Å². The van der Waals surface area contributed by atoms with Crippen LogP contribution in [-0.2, 0) is 9.53 Å². The summed E-state index contributed by atoms with van der Waals surface area (Å²) < 4.78 is 5.49. The van der Waals surface area contributed by atoms with Gasteiger partial charge in [-0.1, -0.05) is 23.2 Å². The Morgan fingerprint density at radius 3 is 2.53 bits per heavy atom. The number of rotatable bonds is 6. The van der Waals surface area contributed by atoms with Gasteiger partial charge in [-0.3, -0.25) is 19.3 Å². The van der Waals surface area contributed by atoms with E-state index in [1.165, 1.54) is 24.3 Å². The lowest BCUT2D eigenvalue weighted by Crippen LogP contribution is -2.36. The Hall–Kier alpha value is -2.61. The number of aryl methyl sites for hydroxylation is 1. The molecule has 7 nitrogen and oxygen atoms in total. The van der Waals surface area contributed by atoms with E-state index in [0.717, 1.165) is 17.7 Å². The highest BCUT2D eigenvalue weighted by Crippen LogP contribution is 2.34. The maximum Gasteiger partial charge on any atom is 0.260 e. The summed E-state index contributed by atoms with van der Waals surface area (Å²) in [4.78, 5) is 37.8. The maximum atomic E-state index is 12.7. The van der Waals surface area contributed by atoms with Crippen molar-refractivity contribution in [1.82, 2.24) is 4.90 Å². The molecule has 3 rings (SSSR count). The lowest BCUT2D eigenvalue weighted by molar-refractivity contribution is -0.117. The number of benzene rings is 2. The van der Waals surface area contributed by atoms with E-state index in [9.17, 15) is 19.5 Å². The molecule has 30 heavy (non-hydrogen) atoms. The molecule has 2 N–H and O–H groups in total. The molecule has 0 aliphatic carbocycles. The summed E-state index contributed by atoms with van der Waals surface area (Å²) in [5.41, 5.74) is 1.50. The highest BCUT2D eigenvalue weighted by molar-refractivity contribution is 6.37. The molecule has 1 heterocycles. The highest BCUT2D eigenvalue weighted by Gasteiger charge is 2.24. The summed E-state index contributed by atoms with van der Waals surface area (Å²) in [6.45, 7) is 2.52. The maximum absolute atomic E-state index is 12.7. The predicted molar refractivity (Wildman–Crippen MR) is 113 cm³/mol. The fourth-order valence-electron chi connectivity index (χ4n) is 3.22. The summed E-state index contributed by atoms with van der Waals surface area (Å²) in [7, 11) is 0. The summed E-state index contributed by atoms with van der Waals surface area (Å²) in [6, 6.07) is 7.31. The summed E-state index contributed by atoms with van der Waals surface area (Å²) in [6.07, 6.45) is 2.07. The van der Waals surface area contributed by atoms with Crippen molar-refractivity contribution in [2.24, 2.45) is 0 Å². The van der Waals surface area contributed by atoms with Crippen LogP contribution in [0.4, 0.5) is 5.69 Å². The van der Waals surface area contributed by atoms with Crippen LogP contribution in [0, 0.1) is 6.92 Å². The minimum Gasteiger partial charge on any atom is -0.505 e. The van der Waals surface area contributed by atoms with Crippen molar-refractivity contribution in [3.63, 3.8) is 0 Å². The van der Waals surface area contributed by atoms with E-state index in [1.807, 2.05) is 0 Å². The van der Waals surface area contributed by atoms with Gasteiger partial charge < -0.3 is 15.2 Å². The van der Waals surface area contributed by atoms with E-state index >= 15 is 0 Å². The second-order valence-electron chi connectivity index (χ2n) is 6.97. The zero-order valence-electron chi connectivity index (χ0n) is 16.2. The van der Waals surface area contributed by atoms with Gasteiger partial charge in [-0.2, -0.15) is 0 Å². The monoisotopic (exact) mass is 450 g/mol. The van der Waals surface area contributed by atoms with E-state index in [2.05, 4.69) is 5.32 Å². The van der Waals surface area contributed by atoms with Gasteiger partial charge in [0.2, 0.25) is 6.41 Å². The standard InChI is InChI=1S/C21H20Cl2N2O5/c1-12-7-13(20(28)24-14-8-17(22)19(27)18(23)9-14)4-5-16(12)21(29)25(11-26)10-15-3-2-6-30-15/h4-5,7-9,11,15,27H,2-3,6,10H2,1H3,(H,24,28). The number of amides is 3. The number of ether oxygens (including phenoxy) is 1. The van der Waals surface area contributed by atoms with Crippen LogP contribution in [0.5, 0.6) is 5.75 Å². The number of phenols is 1. The summed E-state index contributed by atoms with van der Waals surface area (Å²) >= 11 is 11.7. The number of halogens is 2. The van der Waals surface area contributed by atoms with Crippen LogP contribution in [0.25, 0.3) is 0 Å². The predicted octanol–water partition coefficient (Wildman–Crippen LogP) is 4.04. The number of imide groups is 1. The zero-order chi connectivity index (χ0) is 21.8. The van der Waals surface area contributed by atoms with Gasteiger partial charge in [0.15, 0.2) is 5.75 Å². The number of hydrogen-bond acceptors (Lipinski definition) is 5. The third-order valence-electron chi connectivity index (χ3n) is 4.81. The van der Waals surface area contributed by atoms with Crippen LogP contribution >= 0.6 is 23.2 Å². The van der Waals surface area contributed by atoms with Crippen LogP contribution < -0.4 is 5.32 Å². The first-order chi connectivity index (χ1) is 14.3. The molecule has 2 aromatic rings. The number of carbonyl (C=O) groups is 3. The third kappa shape index (κ3) is 4.92. The number of carbonyl (C=O) groups excluding carboxylic acids is 3. The fraction of sp³-hybridized carbons (Fsp3) is 0.286. The molecule has 1 aliphatic rings. The van der Waals surface area contributed by atoms with Crippen LogP contribution in [-0.4, -0.2) is 47.5 Å². The lowest BCUT2D eigenvalue weighted by atomic mass is 10.0. The molecular weight excluding hydrogens is 431 g/mol. The Labute approximate surface area is 183 Å². The zero-order valence-corrected chi connectivity index (χ0v) is 17.7. The van der Waals surface area contributed by atoms with Crippen molar-refractivity contribution in [1.29, 1.82) is 0 Å². The minimum absolute atomic E-state index is 0.00937. The molecule has 0 spiro atoms. The highest BCUT2D eigenvalue weighted by atomic mass is 35.5. The van der Waals surface area contributed by atoms with Crippen molar-refractivity contribution >= 4 is 47.1 Å². The van der Waals surface area contributed by atoms with Crippen molar-refractivity contribution in [3.8, 4) is 5.75 Å². The van der Waals surface area contributed by atoms with E-state index in [-0.39, 0.29) is 28.4 Å². The fourth-order valence-corrected chi connectivity index (χ4v) is 3.71. The van der Waals surface area contributed by atoms with Gasteiger partial charge in [0.25, 0.3) is 11.8 Å². The van der Waals surface area contributed by atoms with Gasteiger partial charge in [-0.25, -0.2) is 0 Å². The summed E-state index contributed by atoms with van der Waals surface area (Å²) in [5.74, 6) is -1.15. The topological polar surface area (TPSA) is 95.9 Å². The molecule has 2 aromatic carbocycles. The molecule has 3 amide bonds. The SMILES string of the molecule is Cc1cc(C(=O)Nc2cc(Cl)c(O)c(Cl)c2)ccc1C(=O)N(C=O)CC1CCCO1. The van der Waals surface area contributed by atoms with Crippen LogP contribution in [0.15, 0.2) is 30.3 Å². The van der Waals surface area contributed by atoms with E-state index in [0.29, 0.717) is 35.4 Å². The van der Waals surface area contributed by atoms with Gasteiger partial charge in [-0.15, -0.1) is 0 Å². The van der Waals surface area contributed by atoms with Crippen LogP contribution in [0.3, 0.4) is 0 Å². The van der Waals surface area contributed by atoms with Crippen molar-refractivity contribution in [2.45, 2.75) is 25.9 Å². The average Bonchev–Trinajstić information content (AvgIpc) is 3.22. The first kappa shape index (κ1) is 22.1. The molecule has 158 valence electrons. The van der Waals surface area contributed by atoms with Gasteiger partial charge >= 0.3 is 0 Å². The lowest BCUT2D eigenvalue weighted by Gasteiger charge is -2.20. The molecule has 0 bridgehead atoms. The van der Waals surface area contributed by atoms with E-state index < -0.39 is 11.8 Å². The third-order valence-corrected chi connectivity index (χ3v) is 5.38. The molecule has 1 aliphatic heterocycles. The normalized spacial score (nSPS) is 15.6. The number of nitrogens with zero attached hydrogens (tertiary/aromatic N) is 1. The quantitative estimate of drug-likeness (QED) is 0.511. The minimum atomic E-state index is -0.443. The first-order valence-electron chi connectivity index (χ1n) is 9.28. The number of aromatic hydroxyl groups is 1. The van der Waals surface area contributed by atoms with Crippen LogP contribution in [0.1, 0.15) is 39.1 Å². The number of nitrogens with one attached hydrogen (secondary N) is 1. The largest absolute Gasteiger partial charge is 0.505 e. The van der Waals surface area contributed by atoms with Gasteiger partial charge in [0.05, 0.1) is 22.7 Å². The molecule has 0 aromatic heterocycles. The van der Waals surface area contributed by atoms with Crippen molar-refractivity contribution < 1.29 is 24.2 Å². The Kier molecular flexibility index (Phi) is 6.97. The molecule has 1 fully saturated rings. The molecular formula is C21H20Cl2N2O5. The second-order valence-corrected chi connectivity index (χ2v) is 7.78. The number of hydrogen-bond donors (Lipinski definition) is 2. The smallest absolute Gasteiger partial charge is 0.260 e. The molecule has 0 saturated carbocycles. The van der Waals surface area contributed by atoms with E-state index in [4.69, 9.17) is 27.9 Å². The molecule has 1 atom stereocenters. The molecule has 9 heteroatoms. The molecule has 1 saturated heterocycles. The number of phenolic OH excluding ortho intramolecular Hbond substituents is 1. The Bertz CT molecular complexity index is 966. The Morgan fingerprint density at radius 2 is 1.97 bits per heavy atom. The Morgan fingerprint density at radius 1 is 1.27 bits per heavy atom. The number of anilines is 1. The first-order valence-corrected chi connectivity index (χ1v) is 10.0. The summed E-state index contributed by atoms with van der Waals surface area (Å²) in [5, 5.41) is 12.3. The van der Waals surface area contributed by atoms with Crippen molar-refractivity contribution in [3.05, 3.63) is 57.1 Å².